The van der Waals surface area contributed by atoms with Crippen LogP contribution in [-0.2, 0) is 0 Å². The lowest BCUT2D eigenvalue weighted by Crippen LogP contribution is -1.85. The van der Waals surface area contributed by atoms with Crippen molar-refractivity contribution in [1.29, 1.82) is 0 Å². The Bertz CT molecular complexity index is 240. The lowest BCUT2D eigenvalue weighted by atomic mass is 10.3. The monoisotopic (exact) mass is 176 g/mol. The van der Waals surface area contributed by atoms with E-state index >= 15 is 0 Å². The molecule has 0 fully saturated rings. The highest BCUT2D eigenvalue weighted by molar-refractivity contribution is 6.67. The highest BCUT2D eigenvalue weighted by Crippen LogP contribution is 2.10. The van der Waals surface area contributed by atoms with Crippen LogP contribution in [0.25, 0.3) is 0 Å². The topological polar surface area (TPSA) is 17.1 Å². The number of carbonyl (C=O) groups excluding carboxylic acids is 1. The molecular formula is C7H4Cl2O. The predicted molar refractivity (Wildman–Crippen MR) is 41.6 cm³/mol. The molecule has 1 aromatic rings. The Kier molecular flexibility index (Phi) is 2.30. The maximum Gasteiger partial charge on any atom is 0.252 e. The molecule has 3 heteroatoms. The molecule has 0 radical (unpaired) electrons. The van der Waals surface area contributed by atoms with E-state index < -0.39 is 5.24 Å². The van der Waals surface area contributed by atoms with Gasteiger partial charge in [0.05, 0.1) is 0 Å². The minimum Gasteiger partial charge on any atom is -0.276 e. The molecule has 0 aromatic heterocycles. The molecule has 0 atom stereocenters. The van der Waals surface area contributed by atoms with Crippen LogP contribution in [0.2, 0.25) is 5.02 Å². The van der Waals surface area contributed by atoms with Crippen molar-refractivity contribution in [1.82, 2.24) is 0 Å². The van der Waals surface area contributed by atoms with Gasteiger partial charge in [-0.05, 0) is 35.9 Å². The first kappa shape index (κ1) is 7.58. The van der Waals surface area contributed by atoms with Crippen LogP contribution in [0.3, 0.4) is 0 Å². The number of hydrogen-bond acceptors (Lipinski definition) is 1. The van der Waals surface area contributed by atoms with Crippen LogP contribution >= 0.6 is 23.2 Å². The Labute approximate surface area is 68.6 Å². The summed E-state index contributed by atoms with van der Waals surface area (Å²) in [6, 6.07) is 6.41. The summed E-state index contributed by atoms with van der Waals surface area (Å²) in [5, 5.41) is 0.137. The number of benzene rings is 1. The first-order valence-corrected chi connectivity index (χ1v) is 3.41. The second-order valence-electron chi connectivity index (χ2n) is 1.78. The highest BCUT2D eigenvalue weighted by Gasteiger charge is 1.98. The maximum absolute atomic E-state index is 10.5. The normalized spacial score (nSPS) is 9.40. The fourth-order valence-electron chi connectivity index (χ4n) is 0.581. The van der Waals surface area contributed by atoms with Gasteiger partial charge in [0.25, 0.3) is 5.24 Å². The van der Waals surface area contributed by atoms with Gasteiger partial charge in [-0.2, -0.15) is 0 Å². The van der Waals surface area contributed by atoms with Crippen molar-refractivity contribution in [3.8, 4) is 0 Å². The van der Waals surface area contributed by atoms with E-state index in [1.54, 1.807) is 24.3 Å². The predicted octanol–water partition coefficient (Wildman–Crippen LogP) is 2.72. The third-order valence-corrected chi connectivity index (χ3v) is 1.54. The number of carbonyl (C=O) groups is 1. The second-order valence-corrected chi connectivity index (χ2v) is 2.56. The van der Waals surface area contributed by atoms with E-state index in [0.29, 0.717) is 10.6 Å². The molecule has 0 bridgehead atoms. The van der Waals surface area contributed by atoms with E-state index in [4.69, 9.17) is 23.2 Å². The van der Waals surface area contributed by atoms with Crippen molar-refractivity contribution < 1.29 is 4.79 Å². The second kappa shape index (κ2) is 3.04. The quantitative estimate of drug-likeness (QED) is 0.602. The summed E-state index contributed by atoms with van der Waals surface area (Å²) in [6.45, 7) is 0. The Morgan fingerprint density at radius 2 is 1.70 bits per heavy atom. The van der Waals surface area contributed by atoms with E-state index in [9.17, 15) is 4.79 Å². The lowest BCUT2D eigenvalue weighted by molar-refractivity contribution is 0.108. The first-order chi connectivity index (χ1) is 4.70. The van der Waals surface area contributed by atoms with Gasteiger partial charge >= 0.3 is 0 Å². The van der Waals surface area contributed by atoms with Crippen molar-refractivity contribution in [2.75, 3.05) is 0 Å². The zero-order valence-electron chi connectivity index (χ0n) is 4.97. The Morgan fingerprint density at radius 1 is 1.20 bits per heavy atom. The minimum atomic E-state index is -0.461. The van der Waals surface area contributed by atoms with Gasteiger partial charge in [0.1, 0.15) is 0 Å². The van der Waals surface area contributed by atoms with Crippen LogP contribution in [0.4, 0.5) is 0 Å². The van der Waals surface area contributed by atoms with Crippen molar-refractivity contribution in [3.63, 3.8) is 0 Å². The summed E-state index contributed by atoms with van der Waals surface area (Å²) in [5.41, 5.74) is 0.464. The van der Waals surface area contributed by atoms with E-state index in [2.05, 4.69) is 0 Å². The number of rotatable bonds is 1. The Balaban J connectivity index is 3.00. The summed E-state index contributed by atoms with van der Waals surface area (Å²) in [5.74, 6) is 0. The van der Waals surface area contributed by atoms with Crippen LogP contribution in [0.15, 0.2) is 24.3 Å². The molecule has 52 valence electrons. The number of halogens is 2. The minimum absolute atomic E-state index is 0.461. The van der Waals surface area contributed by atoms with E-state index in [-0.39, 0.29) is 0 Å². The Morgan fingerprint density at radius 3 is 2.10 bits per heavy atom. The van der Waals surface area contributed by atoms with Gasteiger partial charge in [0.15, 0.2) is 0 Å². The molecule has 0 unspecified atom stereocenters. The number of hydrogen-bond donors (Lipinski definition) is 0. The SMILES string of the molecule is O=[14C](Cl)c1ccc(Cl)cc1. The summed E-state index contributed by atoms with van der Waals surface area (Å²) in [6.07, 6.45) is 0. The van der Waals surface area contributed by atoms with E-state index in [1.807, 2.05) is 0 Å². The van der Waals surface area contributed by atoms with Gasteiger partial charge in [0.2, 0.25) is 0 Å². The van der Waals surface area contributed by atoms with Crippen LogP contribution in [0, 0.1) is 0 Å². The summed E-state index contributed by atoms with van der Waals surface area (Å²) >= 11 is 10.7. The molecule has 1 aromatic carbocycles. The molecule has 0 saturated heterocycles. The fourth-order valence-corrected chi connectivity index (χ4v) is 0.833. The van der Waals surface area contributed by atoms with Gasteiger partial charge in [-0.1, -0.05) is 11.6 Å². The average molecular weight is 177 g/mol. The van der Waals surface area contributed by atoms with Crippen LogP contribution in [0.5, 0.6) is 0 Å². The molecule has 0 N–H and O–H groups in total. The molecular weight excluding hydrogens is 173 g/mol. The molecule has 1 rings (SSSR count). The molecule has 10 heavy (non-hydrogen) atoms. The van der Waals surface area contributed by atoms with Crippen LogP contribution < -0.4 is 0 Å². The largest absolute Gasteiger partial charge is 0.276 e. The van der Waals surface area contributed by atoms with Gasteiger partial charge < -0.3 is 0 Å². The summed E-state index contributed by atoms with van der Waals surface area (Å²) in [7, 11) is 0. The molecule has 0 heterocycles. The van der Waals surface area contributed by atoms with E-state index in [1.165, 1.54) is 0 Å². The van der Waals surface area contributed by atoms with E-state index in [0.717, 1.165) is 0 Å². The summed E-state index contributed by atoms with van der Waals surface area (Å²) < 4.78 is 0. The average Bonchev–Trinajstić information content (AvgIpc) is 1.88. The molecule has 1 nitrogen and oxygen atoms in total. The zero-order chi connectivity index (χ0) is 7.56. The smallest absolute Gasteiger partial charge is 0.252 e. The lowest BCUT2D eigenvalue weighted by Gasteiger charge is -1.91. The maximum atomic E-state index is 10.5. The van der Waals surface area contributed by atoms with Crippen LogP contribution in [0.1, 0.15) is 10.4 Å². The first-order valence-electron chi connectivity index (χ1n) is 2.65. The molecule has 0 aliphatic rings. The summed E-state index contributed by atoms with van der Waals surface area (Å²) in [4.78, 5) is 10.5. The van der Waals surface area contributed by atoms with Crippen molar-refractivity contribution in [2.24, 2.45) is 0 Å². The van der Waals surface area contributed by atoms with Crippen molar-refractivity contribution in [3.05, 3.63) is 34.9 Å². The standard InChI is InChI=1S/C7H4Cl2O/c8-6-3-1-5(2-4-6)7(9)10/h1-4H/i7+2. The molecule has 0 amide bonds. The van der Waals surface area contributed by atoms with Gasteiger partial charge in [-0.3, -0.25) is 4.79 Å². The molecule has 0 spiro atoms. The van der Waals surface area contributed by atoms with Gasteiger partial charge in [0, 0.05) is 10.6 Å². The third kappa shape index (κ3) is 1.72. The van der Waals surface area contributed by atoms with Crippen molar-refractivity contribution >= 4 is 28.4 Å². The van der Waals surface area contributed by atoms with Gasteiger partial charge in [-0.15, -0.1) is 0 Å². The fraction of sp³-hybridized carbons (Fsp3) is 0. The van der Waals surface area contributed by atoms with Gasteiger partial charge in [-0.25, -0.2) is 0 Å². The molecule has 0 saturated carbocycles. The van der Waals surface area contributed by atoms with Crippen molar-refractivity contribution in [2.45, 2.75) is 0 Å². The van der Waals surface area contributed by atoms with Crippen LogP contribution in [-0.4, -0.2) is 5.24 Å². The zero-order valence-corrected chi connectivity index (χ0v) is 6.49. The highest BCUT2D eigenvalue weighted by atomic mass is 35.5. The molecule has 0 aliphatic carbocycles. The molecule has 0 aliphatic heterocycles. The Hall–Kier alpha value is -0.530. The third-order valence-electron chi connectivity index (χ3n) is 1.07.